The lowest BCUT2D eigenvalue weighted by molar-refractivity contribution is 0.576. The van der Waals surface area contributed by atoms with Gasteiger partial charge < -0.3 is 15.5 Å². The number of guanidine groups is 1. The van der Waals surface area contributed by atoms with Gasteiger partial charge in [-0.1, -0.05) is 6.07 Å². The van der Waals surface area contributed by atoms with Crippen LogP contribution in [0.15, 0.2) is 29.4 Å². The maximum atomic E-state index is 13.9. The summed E-state index contributed by atoms with van der Waals surface area (Å²) < 4.78 is 27.9. The number of anilines is 1. The van der Waals surface area contributed by atoms with Crippen LogP contribution in [0.5, 0.6) is 0 Å². The first-order chi connectivity index (χ1) is 12.6. The van der Waals surface area contributed by atoms with E-state index in [4.69, 9.17) is 0 Å². The van der Waals surface area contributed by atoms with E-state index in [9.17, 15) is 8.78 Å². The Morgan fingerprint density at radius 1 is 1.38 bits per heavy atom. The van der Waals surface area contributed by atoms with Gasteiger partial charge in [-0.3, -0.25) is 4.99 Å². The largest absolute Gasteiger partial charge is 0.365 e. The van der Waals surface area contributed by atoms with E-state index in [-0.39, 0.29) is 11.7 Å². The molecule has 5 nitrogen and oxygen atoms in total. The van der Waals surface area contributed by atoms with Gasteiger partial charge in [-0.15, -0.1) is 11.3 Å². The van der Waals surface area contributed by atoms with Crippen LogP contribution in [-0.2, 0) is 6.42 Å². The lowest BCUT2D eigenvalue weighted by Crippen LogP contribution is -2.45. The van der Waals surface area contributed by atoms with Crippen molar-refractivity contribution in [3.05, 3.63) is 45.9 Å². The van der Waals surface area contributed by atoms with E-state index >= 15 is 0 Å². The van der Waals surface area contributed by atoms with Gasteiger partial charge >= 0.3 is 0 Å². The van der Waals surface area contributed by atoms with Crippen LogP contribution >= 0.6 is 11.3 Å². The molecule has 1 unspecified atom stereocenters. The molecule has 1 aromatic heterocycles. The summed E-state index contributed by atoms with van der Waals surface area (Å²) >= 11 is 1.69. The summed E-state index contributed by atoms with van der Waals surface area (Å²) in [6.45, 7) is 3.90. The number of halogens is 2. The number of aromatic nitrogens is 1. The minimum Gasteiger partial charge on any atom is -0.365 e. The Morgan fingerprint density at radius 3 is 2.81 bits per heavy atom. The number of para-hydroxylation sites is 1. The second-order valence-electron chi connectivity index (χ2n) is 6.26. The molecule has 3 rings (SSSR count). The Bertz CT molecular complexity index is 756. The van der Waals surface area contributed by atoms with Gasteiger partial charge in [0, 0.05) is 50.2 Å². The molecular formula is C18H23F2N5S. The van der Waals surface area contributed by atoms with Crippen molar-refractivity contribution in [3.8, 4) is 0 Å². The van der Waals surface area contributed by atoms with Crippen LogP contribution in [0.1, 0.15) is 16.3 Å². The second-order valence-corrected chi connectivity index (χ2v) is 7.58. The van der Waals surface area contributed by atoms with Gasteiger partial charge in [0.25, 0.3) is 0 Å². The minimum absolute atomic E-state index is 0.0545. The summed E-state index contributed by atoms with van der Waals surface area (Å²) in [6, 6.07) is 4.05. The predicted molar refractivity (Wildman–Crippen MR) is 102 cm³/mol. The van der Waals surface area contributed by atoms with Crippen molar-refractivity contribution >= 4 is 23.0 Å². The Kier molecular flexibility index (Phi) is 6.03. The zero-order valence-electron chi connectivity index (χ0n) is 14.9. The van der Waals surface area contributed by atoms with E-state index < -0.39 is 11.6 Å². The number of nitrogens with one attached hydrogen (secondary N) is 2. The molecule has 0 bridgehead atoms. The second kappa shape index (κ2) is 8.44. The molecule has 1 atom stereocenters. The first kappa shape index (κ1) is 18.6. The molecule has 0 amide bonds. The van der Waals surface area contributed by atoms with Crippen LogP contribution in [-0.4, -0.2) is 43.7 Å². The smallest absolute Gasteiger partial charge is 0.191 e. The van der Waals surface area contributed by atoms with Crippen LogP contribution in [0.3, 0.4) is 0 Å². The lowest BCUT2D eigenvalue weighted by atomic mass is 10.2. The fraction of sp³-hybridized carbons (Fsp3) is 0.444. The fourth-order valence-corrected chi connectivity index (χ4v) is 3.85. The van der Waals surface area contributed by atoms with Gasteiger partial charge in [-0.2, -0.15) is 0 Å². The number of hydrogen-bond donors (Lipinski definition) is 2. The molecule has 0 aliphatic carbocycles. The predicted octanol–water partition coefficient (Wildman–Crippen LogP) is 2.72. The van der Waals surface area contributed by atoms with Crippen molar-refractivity contribution in [2.75, 3.05) is 31.6 Å². The van der Waals surface area contributed by atoms with Gasteiger partial charge in [0.1, 0.15) is 17.3 Å². The van der Waals surface area contributed by atoms with E-state index in [0.29, 0.717) is 19.0 Å². The molecule has 1 fully saturated rings. The van der Waals surface area contributed by atoms with Crippen molar-refractivity contribution < 1.29 is 8.78 Å². The van der Waals surface area contributed by atoms with Crippen molar-refractivity contribution in [3.63, 3.8) is 0 Å². The topological polar surface area (TPSA) is 52.6 Å². The van der Waals surface area contributed by atoms with Crippen molar-refractivity contribution in [2.24, 2.45) is 4.99 Å². The number of benzene rings is 1. The third-order valence-corrected chi connectivity index (χ3v) is 5.28. The number of hydrogen-bond acceptors (Lipinski definition) is 4. The SMILES string of the molecule is CN=C(NCCc1ncc(C)s1)NC1CCN(c2c(F)cccc2F)C1. The highest BCUT2D eigenvalue weighted by Gasteiger charge is 2.27. The number of rotatable bonds is 5. The molecule has 2 heterocycles. The van der Waals surface area contributed by atoms with Crippen LogP contribution in [0.25, 0.3) is 0 Å². The highest BCUT2D eigenvalue weighted by Crippen LogP contribution is 2.26. The lowest BCUT2D eigenvalue weighted by Gasteiger charge is -2.21. The van der Waals surface area contributed by atoms with Gasteiger partial charge in [0.2, 0.25) is 0 Å². The van der Waals surface area contributed by atoms with E-state index in [1.165, 1.54) is 23.1 Å². The molecule has 26 heavy (non-hydrogen) atoms. The normalized spacial score (nSPS) is 17.6. The molecule has 1 saturated heterocycles. The highest BCUT2D eigenvalue weighted by atomic mass is 32.1. The highest BCUT2D eigenvalue weighted by molar-refractivity contribution is 7.11. The number of aryl methyl sites for hydroxylation is 1. The Balaban J connectivity index is 1.50. The van der Waals surface area contributed by atoms with Crippen molar-refractivity contribution in [1.82, 2.24) is 15.6 Å². The summed E-state index contributed by atoms with van der Waals surface area (Å²) in [5.74, 6) is -0.349. The third-order valence-electron chi connectivity index (χ3n) is 4.31. The molecule has 2 aromatic rings. The zero-order valence-corrected chi connectivity index (χ0v) is 15.7. The molecule has 1 aliphatic heterocycles. The van der Waals surface area contributed by atoms with E-state index in [1.54, 1.807) is 23.3 Å². The van der Waals surface area contributed by atoms with E-state index in [1.807, 2.05) is 13.1 Å². The third kappa shape index (κ3) is 4.49. The standard InChI is InChI=1S/C18H23F2N5S/c1-12-10-23-16(26-12)6-8-22-18(21-2)24-13-7-9-25(11-13)17-14(19)4-3-5-15(17)20/h3-5,10,13H,6-9,11H2,1-2H3,(H2,21,22,24). The van der Waals surface area contributed by atoms with Gasteiger partial charge in [0.15, 0.2) is 5.96 Å². The summed E-state index contributed by atoms with van der Waals surface area (Å²) in [7, 11) is 1.71. The first-order valence-electron chi connectivity index (χ1n) is 8.64. The van der Waals surface area contributed by atoms with E-state index in [2.05, 4.69) is 20.6 Å². The Morgan fingerprint density at radius 2 is 2.15 bits per heavy atom. The van der Waals surface area contributed by atoms with E-state index in [0.717, 1.165) is 24.4 Å². The Hall–Kier alpha value is -2.22. The quantitative estimate of drug-likeness (QED) is 0.620. The molecule has 8 heteroatoms. The van der Waals surface area contributed by atoms with Crippen LogP contribution in [0.2, 0.25) is 0 Å². The van der Waals surface area contributed by atoms with Crippen LogP contribution < -0.4 is 15.5 Å². The van der Waals surface area contributed by atoms with Crippen molar-refractivity contribution in [1.29, 1.82) is 0 Å². The molecule has 140 valence electrons. The minimum atomic E-state index is -0.521. The van der Waals surface area contributed by atoms with Gasteiger partial charge in [0.05, 0.1) is 5.01 Å². The first-order valence-corrected chi connectivity index (χ1v) is 9.46. The molecule has 0 saturated carbocycles. The number of nitrogens with zero attached hydrogens (tertiary/aromatic N) is 3. The van der Waals surface area contributed by atoms with Crippen LogP contribution in [0, 0.1) is 18.6 Å². The number of thiazole rings is 1. The maximum Gasteiger partial charge on any atom is 0.191 e. The van der Waals surface area contributed by atoms with Crippen LogP contribution in [0.4, 0.5) is 14.5 Å². The number of aliphatic imine (C=N–C) groups is 1. The average molecular weight is 379 g/mol. The Labute approximate surface area is 156 Å². The van der Waals surface area contributed by atoms with Gasteiger partial charge in [-0.25, -0.2) is 13.8 Å². The maximum absolute atomic E-state index is 13.9. The molecular weight excluding hydrogens is 356 g/mol. The summed E-state index contributed by atoms with van der Waals surface area (Å²) in [5.41, 5.74) is 0.0545. The molecule has 0 radical (unpaired) electrons. The van der Waals surface area contributed by atoms with Gasteiger partial charge in [-0.05, 0) is 25.5 Å². The zero-order chi connectivity index (χ0) is 18.5. The monoisotopic (exact) mass is 379 g/mol. The summed E-state index contributed by atoms with van der Waals surface area (Å²) in [4.78, 5) is 11.5. The average Bonchev–Trinajstić information content (AvgIpc) is 3.23. The molecule has 2 N–H and O–H groups in total. The fourth-order valence-electron chi connectivity index (χ4n) is 3.07. The molecule has 1 aliphatic rings. The molecule has 0 spiro atoms. The van der Waals surface area contributed by atoms with Crippen molar-refractivity contribution in [2.45, 2.75) is 25.8 Å². The summed E-state index contributed by atoms with van der Waals surface area (Å²) in [6.07, 6.45) is 3.50. The summed E-state index contributed by atoms with van der Waals surface area (Å²) in [5, 5.41) is 7.69. The molecule has 1 aromatic carbocycles.